The molecule has 1 saturated carbocycles. The second kappa shape index (κ2) is 8.70. The van der Waals surface area contributed by atoms with Gasteiger partial charge in [-0.2, -0.15) is 0 Å². The Labute approximate surface area is 149 Å². The molecule has 1 N–H and O–H groups in total. The first-order valence-corrected chi connectivity index (χ1v) is 9.18. The van der Waals surface area contributed by atoms with E-state index in [4.69, 9.17) is 4.98 Å². The zero-order valence-electron chi connectivity index (χ0n) is 14.9. The molecule has 1 aliphatic carbocycles. The molecule has 5 nitrogen and oxygen atoms in total. The van der Waals surface area contributed by atoms with E-state index in [1.54, 1.807) is 0 Å². The molecule has 1 heterocycles. The number of amides is 1. The maximum Gasteiger partial charge on any atom is 0.406 e. The van der Waals surface area contributed by atoms with Crippen molar-refractivity contribution in [3.05, 3.63) is 53.6 Å². The maximum absolute atomic E-state index is 11.3. The number of imidazole rings is 1. The Hall–Kier alpha value is -2.30. The average molecular weight is 341 g/mol. The standard InChI is InChI=1S/C20H27N3O2/c1-25-20(24)21-13-12-18-14-22-19(17-10-6-3-7-11-17)23(18)15-16-8-4-2-5-9-16/h2,4-5,8-9,14,17H,3,6-7,10-13,15H2,1H3,(H,21,24). The summed E-state index contributed by atoms with van der Waals surface area (Å²) in [7, 11) is 1.39. The van der Waals surface area contributed by atoms with E-state index >= 15 is 0 Å². The summed E-state index contributed by atoms with van der Waals surface area (Å²) in [6, 6.07) is 10.5. The zero-order valence-corrected chi connectivity index (χ0v) is 14.9. The van der Waals surface area contributed by atoms with Gasteiger partial charge in [0.05, 0.1) is 7.11 Å². The minimum Gasteiger partial charge on any atom is -0.453 e. The van der Waals surface area contributed by atoms with Crippen molar-refractivity contribution < 1.29 is 9.53 Å². The van der Waals surface area contributed by atoms with Crippen molar-refractivity contribution in [1.82, 2.24) is 14.9 Å². The third kappa shape index (κ3) is 4.62. The minimum absolute atomic E-state index is 0.387. The molecule has 1 fully saturated rings. The number of rotatable bonds is 6. The van der Waals surface area contributed by atoms with Gasteiger partial charge >= 0.3 is 6.09 Å². The van der Waals surface area contributed by atoms with Crippen LogP contribution in [0.1, 0.15) is 55.1 Å². The number of carbonyl (C=O) groups excluding carboxylic acids is 1. The van der Waals surface area contributed by atoms with Crippen LogP contribution in [0.15, 0.2) is 36.5 Å². The van der Waals surface area contributed by atoms with Crippen LogP contribution < -0.4 is 5.32 Å². The number of carbonyl (C=O) groups is 1. The molecule has 134 valence electrons. The molecule has 0 unspecified atom stereocenters. The Morgan fingerprint density at radius 1 is 1.24 bits per heavy atom. The first kappa shape index (κ1) is 17.5. The molecule has 3 rings (SSSR count). The quantitative estimate of drug-likeness (QED) is 0.867. The van der Waals surface area contributed by atoms with Gasteiger partial charge in [0, 0.05) is 37.3 Å². The normalized spacial score (nSPS) is 15.1. The molecule has 0 radical (unpaired) electrons. The molecule has 1 aromatic heterocycles. The summed E-state index contributed by atoms with van der Waals surface area (Å²) in [6.07, 6.45) is 8.72. The van der Waals surface area contributed by atoms with Crippen molar-refractivity contribution in [2.24, 2.45) is 0 Å². The number of hydrogen-bond acceptors (Lipinski definition) is 3. The monoisotopic (exact) mass is 341 g/mol. The van der Waals surface area contributed by atoms with Crippen LogP contribution in [0.25, 0.3) is 0 Å². The number of benzene rings is 1. The number of methoxy groups -OCH3 is 1. The molecule has 0 spiro atoms. The molecule has 0 atom stereocenters. The van der Waals surface area contributed by atoms with Crippen molar-refractivity contribution in [2.75, 3.05) is 13.7 Å². The summed E-state index contributed by atoms with van der Waals surface area (Å²) in [5.74, 6) is 1.76. The van der Waals surface area contributed by atoms with Crippen LogP contribution in [0.4, 0.5) is 4.79 Å². The van der Waals surface area contributed by atoms with Gasteiger partial charge in [-0.1, -0.05) is 49.6 Å². The van der Waals surface area contributed by atoms with Gasteiger partial charge in [-0.05, 0) is 18.4 Å². The van der Waals surface area contributed by atoms with Gasteiger partial charge in [0.25, 0.3) is 0 Å². The van der Waals surface area contributed by atoms with Crippen molar-refractivity contribution in [1.29, 1.82) is 0 Å². The molecule has 1 amide bonds. The number of hydrogen-bond donors (Lipinski definition) is 1. The zero-order chi connectivity index (χ0) is 17.5. The predicted molar refractivity (Wildman–Crippen MR) is 97.7 cm³/mol. The Bertz CT molecular complexity index is 676. The summed E-state index contributed by atoms with van der Waals surface area (Å²) < 4.78 is 6.99. The second-order valence-corrected chi connectivity index (χ2v) is 6.68. The van der Waals surface area contributed by atoms with Gasteiger partial charge in [-0.25, -0.2) is 9.78 Å². The first-order valence-electron chi connectivity index (χ1n) is 9.18. The van der Waals surface area contributed by atoms with Crippen LogP contribution in [-0.4, -0.2) is 29.3 Å². The highest BCUT2D eigenvalue weighted by Gasteiger charge is 2.22. The number of alkyl carbamates (subject to hydrolysis) is 1. The van der Waals surface area contributed by atoms with Gasteiger partial charge in [-0.15, -0.1) is 0 Å². The second-order valence-electron chi connectivity index (χ2n) is 6.68. The summed E-state index contributed by atoms with van der Waals surface area (Å²) in [5.41, 5.74) is 2.44. The third-order valence-corrected chi connectivity index (χ3v) is 4.96. The number of nitrogens with zero attached hydrogens (tertiary/aromatic N) is 2. The van der Waals surface area contributed by atoms with Crippen LogP contribution in [0.5, 0.6) is 0 Å². The van der Waals surface area contributed by atoms with Crippen molar-refractivity contribution in [3.8, 4) is 0 Å². The van der Waals surface area contributed by atoms with Gasteiger partial charge in [0.2, 0.25) is 0 Å². The van der Waals surface area contributed by atoms with Crippen molar-refractivity contribution >= 4 is 6.09 Å². The highest BCUT2D eigenvalue weighted by atomic mass is 16.5. The van der Waals surface area contributed by atoms with Crippen LogP contribution in [0, 0.1) is 0 Å². The largest absolute Gasteiger partial charge is 0.453 e. The predicted octanol–water partition coefficient (Wildman–Crippen LogP) is 3.88. The Balaban J connectivity index is 1.78. The fraction of sp³-hybridized carbons (Fsp3) is 0.500. The molecular formula is C20H27N3O2. The van der Waals surface area contributed by atoms with Crippen molar-refractivity contribution in [3.63, 3.8) is 0 Å². The lowest BCUT2D eigenvalue weighted by Crippen LogP contribution is -2.26. The maximum atomic E-state index is 11.3. The molecule has 5 heteroatoms. The molecule has 1 aromatic carbocycles. The van der Waals surface area contributed by atoms with E-state index < -0.39 is 0 Å². The number of nitrogens with one attached hydrogen (secondary N) is 1. The van der Waals surface area contributed by atoms with E-state index in [1.807, 2.05) is 12.3 Å². The van der Waals surface area contributed by atoms with Gasteiger partial charge in [0.15, 0.2) is 0 Å². The molecule has 2 aromatic rings. The smallest absolute Gasteiger partial charge is 0.406 e. The summed E-state index contributed by atoms with van der Waals surface area (Å²) >= 11 is 0. The van der Waals surface area contributed by atoms with Crippen LogP contribution in [0.3, 0.4) is 0 Å². The SMILES string of the molecule is COC(=O)NCCc1cnc(C2CCCCC2)n1Cc1ccccc1. The molecule has 0 saturated heterocycles. The van der Waals surface area contributed by atoms with Crippen LogP contribution in [-0.2, 0) is 17.7 Å². The van der Waals surface area contributed by atoms with Crippen LogP contribution >= 0.6 is 0 Å². The number of ether oxygens (including phenoxy) is 1. The van der Waals surface area contributed by atoms with E-state index in [9.17, 15) is 4.79 Å². The van der Waals surface area contributed by atoms with E-state index in [1.165, 1.54) is 56.3 Å². The minimum atomic E-state index is -0.387. The fourth-order valence-corrected chi connectivity index (χ4v) is 3.63. The van der Waals surface area contributed by atoms with E-state index in [2.05, 4.69) is 38.9 Å². The van der Waals surface area contributed by atoms with E-state index in [0.29, 0.717) is 12.5 Å². The first-order chi connectivity index (χ1) is 12.3. The lowest BCUT2D eigenvalue weighted by molar-refractivity contribution is 0.171. The molecule has 1 aliphatic rings. The molecule has 25 heavy (non-hydrogen) atoms. The van der Waals surface area contributed by atoms with E-state index in [-0.39, 0.29) is 6.09 Å². The van der Waals surface area contributed by atoms with E-state index in [0.717, 1.165) is 13.0 Å². The average Bonchev–Trinajstić information content (AvgIpc) is 3.05. The highest BCUT2D eigenvalue weighted by Crippen LogP contribution is 2.32. The molecule has 0 aliphatic heterocycles. The Kier molecular flexibility index (Phi) is 6.09. The Morgan fingerprint density at radius 2 is 2.00 bits per heavy atom. The fourth-order valence-electron chi connectivity index (χ4n) is 3.63. The molecule has 0 bridgehead atoms. The van der Waals surface area contributed by atoms with Gasteiger partial charge < -0.3 is 14.6 Å². The van der Waals surface area contributed by atoms with Crippen LogP contribution in [0.2, 0.25) is 0 Å². The topological polar surface area (TPSA) is 56.1 Å². The summed E-state index contributed by atoms with van der Waals surface area (Å²) in [4.78, 5) is 16.0. The summed E-state index contributed by atoms with van der Waals surface area (Å²) in [6.45, 7) is 1.39. The lowest BCUT2D eigenvalue weighted by atomic mass is 9.88. The lowest BCUT2D eigenvalue weighted by Gasteiger charge is -2.23. The van der Waals surface area contributed by atoms with Gasteiger partial charge in [0.1, 0.15) is 5.82 Å². The van der Waals surface area contributed by atoms with Crippen molar-refractivity contribution in [2.45, 2.75) is 51.0 Å². The highest BCUT2D eigenvalue weighted by molar-refractivity contribution is 5.66. The molecular weight excluding hydrogens is 314 g/mol. The third-order valence-electron chi connectivity index (χ3n) is 4.96. The number of aromatic nitrogens is 2. The summed E-state index contributed by atoms with van der Waals surface area (Å²) in [5, 5.41) is 2.76. The van der Waals surface area contributed by atoms with Gasteiger partial charge in [-0.3, -0.25) is 0 Å². The Morgan fingerprint density at radius 3 is 2.72 bits per heavy atom.